The van der Waals surface area contributed by atoms with Crippen molar-refractivity contribution in [1.82, 2.24) is 5.32 Å². The molecule has 0 fully saturated rings. The van der Waals surface area contributed by atoms with Gasteiger partial charge in [-0.05, 0) is 77.0 Å². The van der Waals surface area contributed by atoms with Gasteiger partial charge in [0, 0.05) is 12.8 Å². The molecule has 0 aromatic heterocycles. The second-order valence-electron chi connectivity index (χ2n) is 22.8. The minimum atomic E-state index is -0.851. The summed E-state index contributed by atoms with van der Waals surface area (Å²) in [6.07, 6.45) is 80.6. The molecule has 2 atom stereocenters. The summed E-state index contributed by atoms with van der Waals surface area (Å²) < 4.78 is 5.46. The van der Waals surface area contributed by atoms with Crippen LogP contribution in [0.15, 0.2) is 36.5 Å². The number of aliphatic hydroxyl groups excluding tert-OH is 2. The van der Waals surface area contributed by atoms with Gasteiger partial charge in [-0.2, -0.15) is 0 Å². The number of ether oxygens (including phenoxy) is 1. The Labute approximate surface area is 462 Å². The molecule has 0 aromatic rings. The molecule has 2 unspecified atom stereocenters. The number of hydrogen-bond donors (Lipinski definition) is 3. The largest absolute Gasteiger partial charge is 0.466 e. The second kappa shape index (κ2) is 63.6. The Hall–Kier alpha value is -1.92. The third kappa shape index (κ3) is 59.3. The molecular weight excluding hydrogens is 911 g/mol. The molecule has 0 heterocycles. The molecule has 0 saturated heterocycles. The highest BCUT2D eigenvalue weighted by molar-refractivity contribution is 5.76. The SMILES string of the molecule is CCCC/C=C\CCCCCCCC(=O)OCCCCCCCCCCCCC/C=C\CCCCCCCCCC(=O)NC(CO)C(O)/C=C/CCCCCCCCCCCCCCCCCCCCCCCC. The molecule has 0 saturated carbocycles. The molecule has 0 aliphatic rings. The van der Waals surface area contributed by atoms with Gasteiger partial charge in [-0.3, -0.25) is 9.59 Å². The lowest BCUT2D eigenvalue weighted by Crippen LogP contribution is -2.45. The maximum Gasteiger partial charge on any atom is 0.305 e. The molecule has 0 rings (SSSR count). The number of aliphatic hydroxyl groups is 2. The first kappa shape index (κ1) is 72.1. The lowest BCUT2D eigenvalue weighted by atomic mass is 10.0. The number of carbonyl (C=O) groups excluding carboxylic acids is 2. The average molecular weight is 1040 g/mol. The summed E-state index contributed by atoms with van der Waals surface area (Å²) >= 11 is 0. The van der Waals surface area contributed by atoms with E-state index in [1.165, 1.54) is 283 Å². The molecule has 0 radical (unpaired) electrons. The van der Waals surface area contributed by atoms with Crippen LogP contribution in [0.3, 0.4) is 0 Å². The van der Waals surface area contributed by atoms with Crippen molar-refractivity contribution in [2.24, 2.45) is 0 Å². The van der Waals surface area contributed by atoms with Crippen LogP contribution < -0.4 is 5.32 Å². The van der Waals surface area contributed by atoms with Crippen molar-refractivity contribution >= 4 is 11.9 Å². The lowest BCUT2D eigenvalue weighted by molar-refractivity contribution is -0.143. The highest BCUT2D eigenvalue weighted by Gasteiger charge is 2.18. The maximum atomic E-state index is 12.5. The number of unbranched alkanes of at least 4 members (excludes halogenated alkanes) is 47. The van der Waals surface area contributed by atoms with Gasteiger partial charge in [-0.15, -0.1) is 0 Å². The van der Waals surface area contributed by atoms with Gasteiger partial charge < -0.3 is 20.3 Å². The topological polar surface area (TPSA) is 95.9 Å². The fourth-order valence-electron chi connectivity index (χ4n) is 10.3. The Balaban J connectivity index is 3.46. The molecule has 436 valence electrons. The van der Waals surface area contributed by atoms with E-state index in [2.05, 4.69) is 43.5 Å². The van der Waals surface area contributed by atoms with E-state index >= 15 is 0 Å². The zero-order valence-corrected chi connectivity index (χ0v) is 49.8. The summed E-state index contributed by atoms with van der Waals surface area (Å²) in [5, 5.41) is 23.2. The predicted octanol–water partition coefficient (Wildman–Crippen LogP) is 21.1. The van der Waals surface area contributed by atoms with E-state index in [-0.39, 0.29) is 18.5 Å². The van der Waals surface area contributed by atoms with Crippen LogP contribution in [0.2, 0.25) is 0 Å². The average Bonchev–Trinajstić information content (AvgIpc) is 3.40. The van der Waals surface area contributed by atoms with Gasteiger partial charge in [-0.25, -0.2) is 0 Å². The summed E-state index contributed by atoms with van der Waals surface area (Å²) in [7, 11) is 0. The van der Waals surface area contributed by atoms with Crippen molar-refractivity contribution in [3.63, 3.8) is 0 Å². The maximum absolute atomic E-state index is 12.5. The van der Waals surface area contributed by atoms with Gasteiger partial charge in [0.2, 0.25) is 5.91 Å². The van der Waals surface area contributed by atoms with E-state index in [0.717, 1.165) is 51.4 Å². The molecule has 6 nitrogen and oxygen atoms in total. The van der Waals surface area contributed by atoms with Crippen molar-refractivity contribution in [3.05, 3.63) is 36.5 Å². The molecule has 0 aromatic carbocycles. The summed E-state index contributed by atoms with van der Waals surface area (Å²) in [5.41, 5.74) is 0. The van der Waals surface area contributed by atoms with Crippen LogP contribution in [0.5, 0.6) is 0 Å². The normalized spacial score (nSPS) is 12.8. The van der Waals surface area contributed by atoms with E-state index in [4.69, 9.17) is 4.74 Å². The number of allylic oxidation sites excluding steroid dienone is 5. The van der Waals surface area contributed by atoms with Gasteiger partial charge in [0.05, 0.1) is 25.4 Å². The zero-order valence-electron chi connectivity index (χ0n) is 49.8. The van der Waals surface area contributed by atoms with Gasteiger partial charge in [0.25, 0.3) is 0 Å². The molecule has 3 N–H and O–H groups in total. The highest BCUT2D eigenvalue weighted by atomic mass is 16.5. The Morgan fingerprint density at radius 2 is 0.649 bits per heavy atom. The van der Waals surface area contributed by atoms with Crippen molar-refractivity contribution < 1.29 is 24.5 Å². The summed E-state index contributed by atoms with van der Waals surface area (Å²) in [6.45, 7) is 4.88. The number of carbonyl (C=O) groups is 2. The van der Waals surface area contributed by atoms with E-state index < -0.39 is 12.1 Å². The fourth-order valence-corrected chi connectivity index (χ4v) is 10.3. The van der Waals surface area contributed by atoms with Crippen LogP contribution in [0.4, 0.5) is 0 Å². The smallest absolute Gasteiger partial charge is 0.305 e. The van der Waals surface area contributed by atoms with E-state index in [1.54, 1.807) is 6.08 Å². The summed E-state index contributed by atoms with van der Waals surface area (Å²) in [5.74, 6) is -0.0732. The van der Waals surface area contributed by atoms with Gasteiger partial charge in [0.1, 0.15) is 0 Å². The molecule has 6 heteroatoms. The highest BCUT2D eigenvalue weighted by Crippen LogP contribution is 2.18. The first-order valence-electron chi connectivity index (χ1n) is 33.3. The molecule has 0 bridgehead atoms. The number of hydrogen-bond acceptors (Lipinski definition) is 5. The summed E-state index contributed by atoms with van der Waals surface area (Å²) in [6, 6.07) is -0.635. The summed E-state index contributed by atoms with van der Waals surface area (Å²) in [4.78, 5) is 24.5. The minimum absolute atomic E-state index is 0.00146. The van der Waals surface area contributed by atoms with Crippen molar-refractivity contribution in [1.29, 1.82) is 0 Å². The number of amides is 1. The molecule has 74 heavy (non-hydrogen) atoms. The Morgan fingerprint density at radius 1 is 0.365 bits per heavy atom. The minimum Gasteiger partial charge on any atom is -0.466 e. The van der Waals surface area contributed by atoms with Crippen LogP contribution in [0.1, 0.15) is 361 Å². The second-order valence-corrected chi connectivity index (χ2v) is 22.8. The van der Waals surface area contributed by atoms with Gasteiger partial charge in [-0.1, -0.05) is 307 Å². The van der Waals surface area contributed by atoms with Gasteiger partial charge in [0.15, 0.2) is 0 Å². The quantitative estimate of drug-likeness (QED) is 0.0320. The number of rotatable bonds is 62. The lowest BCUT2D eigenvalue weighted by Gasteiger charge is -2.20. The van der Waals surface area contributed by atoms with E-state index in [1.807, 2.05) is 6.08 Å². The predicted molar refractivity (Wildman–Crippen MR) is 324 cm³/mol. The van der Waals surface area contributed by atoms with Gasteiger partial charge >= 0.3 is 5.97 Å². The van der Waals surface area contributed by atoms with Crippen LogP contribution in [-0.2, 0) is 14.3 Å². The fraction of sp³-hybridized carbons (Fsp3) is 0.882. The first-order valence-corrected chi connectivity index (χ1v) is 33.3. The van der Waals surface area contributed by atoms with E-state index in [0.29, 0.717) is 19.4 Å². The van der Waals surface area contributed by atoms with Crippen LogP contribution in [0, 0.1) is 0 Å². The van der Waals surface area contributed by atoms with Crippen molar-refractivity contribution in [2.45, 2.75) is 373 Å². The molecule has 1 amide bonds. The Kier molecular flexibility index (Phi) is 62.0. The van der Waals surface area contributed by atoms with Crippen LogP contribution in [-0.4, -0.2) is 47.4 Å². The Bertz CT molecular complexity index is 1200. The van der Waals surface area contributed by atoms with Crippen molar-refractivity contribution in [2.75, 3.05) is 13.2 Å². The zero-order chi connectivity index (χ0) is 53.6. The van der Waals surface area contributed by atoms with Crippen molar-refractivity contribution in [3.8, 4) is 0 Å². The standard InChI is InChI=1S/C68H129NO5/c1-3-5-7-9-11-13-15-16-17-18-19-20-21-22-25-28-31-34-37-41-44-48-52-56-60-66(71)65(64-70)69-67(72)61-57-53-49-45-42-38-35-32-29-26-23-24-27-30-33-36-39-43-47-51-55-59-63-74-68(73)62-58-54-50-46-40-14-12-10-8-6-4-2/h10,12,26,29,56,60,65-66,70-71H,3-9,11,13-25,27-28,30-55,57-59,61-64H2,1-2H3,(H,69,72)/b12-10-,29-26-,60-56+. The monoisotopic (exact) mass is 1040 g/mol. The number of nitrogens with one attached hydrogen (secondary N) is 1. The van der Waals surface area contributed by atoms with Crippen LogP contribution in [0.25, 0.3) is 0 Å². The Morgan fingerprint density at radius 3 is 1.00 bits per heavy atom. The first-order chi connectivity index (χ1) is 36.5. The molecule has 0 aliphatic carbocycles. The molecular formula is C68H129NO5. The molecule has 0 aliphatic heterocycles. The molecule has 0 spiro atoms. The number of esters is 1. The van der Waals surface area contributed by atoms with Crippen LogP contribution >= 0.6 is 0 Å². The third-order valence-electron chi connectivity index (χ3n) is 15.4. The third-order valence-corrected chi connectivity index (χ3v) is 15.4. The van der Waals surface area contributed by atoms with E-state index in [9.17, 15) is 19.8 Å².